The molecule has 1 saturated carbocycles. The van der Waals surface area contributed by atoms with Crippen molar-refractivity contribution in [3.05, 3.63) is 35.6 Å². The van der Waals surface area contributed by atoms with Crippen molar-refractivity contribution in [3.8, 4) is 0 Å². The summed E-state index contributed by atoms with van der Waals surface area (Å²) in [5, 5.41) is 9.14. The molecule has 1 aromatic carbocycles. The molecule has 2 saturated heterocycles. The minimum absolute atomic E-state index is 0.194. The molecular formula is C12H11FO3. The molecule has 1 N–H and O–H groups in total. The van der Waals surface area contributed by atoms with Gasteiger partial charge in [-0.05, 0) is 24.1 Å². The second-order valence-corrected chi connectivity index (χ2v) is 4.54. The predicted molar refractivity (Wildman–Crippen MR) is 53.6 cm³/mol. The maximum absolute atomic E-state index is 13.1. The molecule has 2 bridgehead atoms. The Morgan fingerprint density at radius 1 is 1.56 bits per heavy atom. The highest BCUT2D eigenvalue weighted by Crippen LogP contribution is 2.56. The average molecular weight is 222 g/mol. The van der Waals surface area contributed by atoms with Gasteiger partial charge in [0, 0.05) is 5.41 Å². The number of halogens is 1. The van der Waals surface area contributed by atoms with Crippen LogP contribution in [0, 0.1) is 11.7 Å². The number of ether oxygens (including phenoxy) is 1. The fourth-order valence-corrected chi connectivity index (χ4v) is 2.93. The molecule has 2 aliphatic heterocycles. The molecule has 3 fully saturated rings. The molecule has 1 aliphatic carbocycles. The number of carboxylic acids is 1. The van der Waals surface area contributed by atoms with E-state index in [2.05, 4.69) is 0 Å². The molecule has 4 heteroatoms. The van der Waals surface area contributed by atoms with Crippen molar-refractivity contribution in [3.63, 3.8) is 0 Å². The summed E-state index contributed by atoms with van der Waals surface area (Å²) in [7, 11) is 0. The molecule has 16 heavy (non-hydrogen) atoms. The Labute approximate surface area is 91.8 Å². The minimum Gasteiger partial charge on any atom is -0.481 e. The molecule has 3 nitrogen and oxygen atoms in total. The molecule has 3 atom stereocenters. The number of aliphatic carboxylic acids is 1. The molecule has 84 valence electrons. The highest BCUT2D eigenvalue weighted by Gasteiger charge is 2.64. The van der Waals surface area contributed by atoms with Crippen LogP contribution in [0.4, 0.5) is 4.39 Å². The molecule has 3 aliphatic rings. The minimum atomic E-state index is -0.849. The molecule has 0 unspecified atom stereocenters. The van der Waals surface area contributed by atoms with Gasteiger partial charge >= 0.3 is 5.97 Å². The summed E-state index contributed by atoms with van der Waals surface area (Å²) in [6, 6.07) is 6.18. The maximum Gasteiger partial charge on any atom is 0.310 e. The summed E-state index contributed by atoms with van der Waals surface area (Å²) in [5.41, 5.74) is 0.243. The van der Waals surface area contributed by atoms with Crippen molar-refractivity contribution < 1.29 is 19.0 Å². The smallest absolute Gasteiger partial charge is 0.310 e. The van der Waals surface area contributed by atoms with E-state index >= 15 is 0 Å². The van der Waals surface area contributed by atoms with Crippen LogP contribution in [0.1, 0.15) is 12.0 Å². The fourth-order valence-electron chi connectivity index (χ4n) is 2.93. The van der Waals surface area contributed by atoms with Crippen LogP contribution in [0.2, 0.25) is 0 Å². The van der Waals surface area contributed by atoms with E-state index in [0.29, 0.717) is 13.0 Å². The highest BCUT2D eigenvalue weighted by atomic mass is 19.1. The van der Waals surface area contributed by atoms with E-state index < -0.39 is 17.3 Å². The van der Waals surface area contributed by atoms with E-state index in [9.17, 15) is 9.18 Å². The van der Waals surface area contributed by atoms with Gasteiger partial charge in [-0.25, -0.2) is 4.39 Å². The Bertz CT molecular complexity index is 455. The quantitative estimate of drug-likeness (QED) is 0.826. The van der Waals surface area contributed by atoms with Crippen molar-refractivity contribution in [2.75, 3.05) is 6.61 Å². The SMILES string of the molecule is O=C(O)[C@@H]1[C@H]2C[C@]1(c1cccc(F)c1)CO2. The molecule has 0 aromatic heterocycles. The molecule has 0 radical (unpaired) electrons. The zero-order valence-corrected chi connectivity index (χ0v) is 8.52. The van der Waals surface area contributed by atoms with Crippen LogP contribution in [0.15, 0.2) is 24.3 Å². The summed E-state index contributed by atoms with van der Waals surface area (Å²) < 4.78 is 18.5. The van der Waals surface area contributed by atoms with Gasteiger partial charge in [0.1, 0.15) is 5.82 Å². The first-order valence-electron chi connectivity index (χ1n) is 5.24. The normalized spacial score (nSPS) is 35.8. The van der Waals surface area contributed by atoms with Gasteiger partial charge in [0.05, 0.1) is 18.6 Å². The number of carbonyl (C=O) groups is 1. The monoisotopic (exact) mass is 222 g/mol. The number of carboxylic acid groups (broad SMARTS) is 1. The van der Waals surface area contributed by atoms with E-state index in [1.165, 1.54) is 12.1 Å². The van der Waals surface area contributed by atoms with E-state index in [1.54, 1.807) is 12.1 Å². The lowest BCUT2D eigenvalue weighted by atomic mass is 9.58. The van der Waals surface area contributed by atoms with Gasteiger partial charge in [0.15, 0.2) is 0 Å². The number of hydrogen-bond donors (Lipinski definition) is 1. The summed E-state index contributed by atoms with van der Waals surface area (Å²) in [6.07, 6.45) is 0.494. The van der Waals surface area contributed by atoms with Crippen LogP contribution in [0.3, 0.4) is 0 Å². The van der Waals surface area contributed by atoms with Gasteiger partial charge < -0.3 is 9.84 Å². The first kappa shape index (κ1) is 9.78. The number of hydrogen-bond acceptors (Lipinski definition) is 2. The van der Waals surface area contributed by atoms with Crippen LogP contribution >= 0.6 is 0 Å². The third-order valence-corrected chi connectivity index (χ3v) is 3.75. The Kier molecular flexibility index (Phi) is 1.86. The van der Waals surface area contributed by atoms with Crippen molar-refractivity contribution in [1.82, 2.24) is 0 Å². The van der Waals surface area contributed by atoms with E-state index in [4.69, 9.17) is 9.84 Å². The molecule has 1 aromatic rings. The molecule has 0 amide bonds. The first-order chi connectivity index (χ1) is 7.63. The van der Waals surface area contributed by atoms with Crippen LogP contribution in [0.5, 0.6) is 0 Å². The molecular weight excluding hydrogens is 211 g/mol. The maximum atomic E-state index is 13.1. The van der Waals surface area contributed by atoms with Gasteiger partial charge in [-0.1, -0.05) is 12.1 Å². The second-order valence-electron chi connectivity index (χ2n) is 4.54. The summed E-state index contributed by atoms with van der Waals surface area (Å²) in [5.74, 6) is -1.70. The summed E-state index contributed by atoms with van der Waals surface area (Å²) in [4.78, 5) is 11.1. The first-order valence-corrected chi connectivity index (χ1v) is 5.24. The zero-order chi connectivity index (χ0) is 11.3. The topological polar surface area (TPSA) is 46.5 Å². The molecule has 2 heterocycles. The average Bonchev–Trinajstić information content (AvgIpc) is 2.74. The fraction of sp³-hybridized carbons (Fsp3) is 0.417. The third kappa shape index (κ3) is 1.08. The Morgan fingerprint density at radius 2 is 2.38 bits per heavy atom. The predicted octanol–water partition coefficient (Wildman–Crippen LogP) is 1.57. The Morgan fingerprint density at radius 3 is 3.00 bits per heavy atom. The van der Waals surface area contributed by atoms with Gasteiger partial charge in [-0.3, -0.25) is 4.79 Å². The van der Waals surface area contributed by atoms with Crippen molar-refractivity contribution >= 4 is 5.97 Å². The lowest BCUT2D eigenvalue weighted by molar-refractivity contribution is -0.150. The second kappa shape index (κ2) is 3.04. The van der Waals surface area contributed by atoms with Crippen LogP contribution in [0.25, 0.3) is 0 Å². The van der Waals surface area contributed by atoms with Gasteiger partial charge in [0.25, 0.3) is 0 Å². The lowest BCUT2D eigenvalue weighted by Crippen LogP contribution is -2.52. The van der Waals surface area contributed by atoms with E-state index in [0.717, 1.165) is 5.56 Å². The van der Waals surface area contributed by atoms with Crippen LogP contribution in [-0.2, 0) is 14.9 Å². The lowest BCUT2D eigenvalue weighted by Gasteiger charge is -2.42. The number of benzene rings is 1. The van der Waals surface area contributed by atoms with Crippen molar-refractivity contribution in [2.45, 2.75) is 17.9 Å². The van der Waals surface area contributed by atoms with E-state index in [-0.39, 0.29) is 11.9 Å². The van der Waals surface area contributed by atoms with Crippen molar-refractivity contribution in [2.24, 2.45) is 5.92 Å². The van der Waals surface area contributed by atoms with Gasteiger partial charge in [-0.2, -0.15) is 0 Å². The number of fused-ring (bicyclic) bond motifs is 1. The largest absolute Gasteiger partial charge is 0.481 e. The van der Waals surface area contributed by atoms with Crippen LogP contribution < -0.4 is 0 Å². The zero-order valence-electron chi connectivity index (χ0n) is 8.52. The Balaban J connectivity index is 2.03. The summed E-state index contributed by atoms with van der Waals surface area (Å²) >= 11 is 0. The van der Waals surface area contributed by atoms with Crippen LogP contribution in [-0.4, -0.2) is 23.8 Å². The molecule has 4 rings (SSSR count). The molecule has 0 spiro atoms. The van der Waals surface area contributed by atoms with Gasteiger partial charge in [0.2, 0.25) is 0 Å². The number of rotatable bonds is 2. The van der Waals surface area contributed by atoms with E-state index in [1.807, 2.05) is 0 Å². The standard InChI is InChI=1S/C12H11FO3/c13-8-3-1-2-7(4-8)12-5-9(16-6-12)10(12)11(14)15/h1-4,9-10H,5-6H2,(H,14,15)/t9-,10+,12-/m1/s1. The van der Waals surface area contributed by atoms with Crippen molar-refractivity contribution in [1.29, 1.82) is 0 Å². The Hall–Kier alpha value is -1.42. The summed E-state index contributed by atoms with van der Waals surface area (Å²) in [6.45, 7) is 0.387. The van der Waals surface area contributed by atoms with Gasteiger partial charge in [-0.15, -0.1) is 0 Å². The highest BCUT2D eigenvalue weighted by molar-refractivity contribution is 5.76. The third-order valence-electron chi connectivity index (χ3n) is 3.75.